The van der Waals surface area contributed by atoms with Crippen LogP contribution in [0.3, 0.4) is 0 Å². The number of hydrogen-bond acceptors (Lipinski definition) is 5. The van der Waals surface area contributed by atoms with Crippen molar-refractivity contribution in [3.8, 4) is 5.88 Å². The number of anilines is 1. The number of hydrogen-bond donors (Lipinski definition) is 1. The number of amides is 1. The molecule has 0 spiro atoms. The zero-order chi connectivity index (χ0) is 13.1. The second-order valence-electron chi connectivity index (χ2n) is 4.01. The van der Waals surface area contributed by atoms with Crippen molar-refractivity contribution >= 4 is 22.8 Å². The molecule has 0 bridgehead atoms. The summed E-state index contributed by atoms with van der Waals surface area (Å²) in [5, 5.41) is 0.871. The van der Waals surface area contributed by atoms with Crippen molar-refractivity contribution < 1.29 is 9.53 Å². The van der Waals surface area contributed by atoms with E-state index in [1.807, 2.05) is 12.1 Å². The summed E-state index contributed by atoms with van der Waals surface area (Å²) >= 11 is 0. The number of pyridine rings is 2. The highest BCUT2D eigenvalue weighted by Gasteiger charge is 2.06. The van der Waals surface area contributed by atoms with Gasteiger partial charge in [0.1, 0.15) is 5.82 Å². The van der Waals surface area contributed by atoms with Crippen LogP contribution in [-0.4, -0.2) is 41.5 Å². The van der Waals surface area contributed by atoms with Crippen molar-refractivity contribution in [3.05, 3.63) is 24.3 Å². The van der Waals surface area contributed by atoms with Gasteiger partial charge < -0.3 is 15.4 Å². The normalized spacial score (nSPS) is 10.3. The number of nitrogens with two attached hydrogens (primary N) is 1. The first-order valence-corrected chi connectivity index (χ1v) is 5.42. The van der Waals surface area contributed by atoms with Gasteiger partial charge in [0, 0.05) is 25.5 Å². The van der Waals surface area contributed by atoms with E-state index in [0.29, 0.717) is 17.3 Å². The Morgan fingerprint density at radius 3 is 2.72 bits per heavy atom. The number of aromatic nitrogens is 2. The Morgan fingerprint density at radius 1 is 1.28 bits per heavy atom. The van der Waals surface area contributed by atoms with Gasteiger partial charge >= 0.3 is 0 Å². The molecule has 2 rings (SSSR count). The molecule has 2 aromatic heterocycles. The number of fused-ring (bicyclic) bond motifs is 1. The Labute approximate surface area is 104 Å². The van der Waals surface area contributed by atoms with E-state index < -0.39 is 0 Å². The number of ether oxygens (including phenoxy) is 1. The van der Waals surface area contributed by atoms with E-state index in [1.54, 1.807) is 26.2 Å². The number of carbonyl (C=O) groups excluding carboxylic acids is 1. The van der Waals surface area contributed by atoms with Gasteiger partial charge in [-0.05, 0) is 18.2 Å². The summed E-state index contributed by atoms with van der Waals surface area (Å²) in [6, 6.07) is 7.06. The van der Waals surface area contributed by atoms with Gasteiger partial charge in [-0.2, -0.15) is 4.98 Å². The number of rotatable bonds is 3. The van der Waals surface area contributed by atoms with Crippen molar-refractivity contribution in [1.82, 2.24) is 14.9 Å². The molecule has 0 fully saturated rings. The smallest absolute Gasteiger partial charge is 0.260 e. The minimum Gasteiger partial charge on any atom is -0.467 e. The molecule has 0 atom stereocenters. The molecule has 94 valence electrons. The van der Waals surface area contributed by atoms with Crippen LogP contribution in [-0.2, 0) is 4.79 Å². The summed E-state index contributed by atoms with van der Waals surface area (Å²) < 4.78 is 5.29. The van der Waals surface area contributed by atoms with Crippen LogP contribution in [0.5, 0.6) is 5.88 Å². The Morgan fingerprint density at radius 2 is 2.00 bits per heavy atom. The number of nitrogens with zero attached hydrogens (tertiary/aromatic N) is 3. The Kier molecular flexibility index (Phi) is 3.27. The molecule has 0 saturated carbocycles. The lowest BCUT2D eigenvalue weighted by Crippen LogP contribution is -2.27. The van der Waals surface area contributed by atoms with Gasteiger partial charge in [0.05, 0.1) is 0 Å². The van der Waals surface area contributed by atoms with Crippen LogP contribution >= 0.6 is 0 Å². The Bertz CT molecular complexity index is 583. The van der Waals surface area contributed by atoms with E-state index in [9.17, 15) is 4.79 Å². The maximum absolute atomic E-state index is 11.4. The lowest BCUT2D eigenvalue weighted by Gasteiger charge is -2.10. The average Bonchev–Trinajstić information content (AvgIpc) is 2.35. The molecule has 2 N–H and O–H groups in total. The molecule has 1 amide bonds. The molecular weight excluding hydrogens is 232 g/mol. The van der Waals surface area contributed by atoms with Crippen LogP contribution < -0.4 is 10.5 Å². The molecule has 0 aliphatic rings. The molecule has 6 heteroatoms. The van der Waals surface area contributed by atoms with Crippen molar-refractivity contribution in [2.45, 2.75) is 0 Å². The average molecular weight is 246 g/mol. The Balaban J connectivity index is 2.17. The van der Waals surface area contributed by atoms with Gasteiger partial charge in [-0.3, -0.25) is 4.79 Å². The highest BCUT2D eigenvalue weighted by Crippen LogP contribution is 2.16. The van der Waals surface area contributed by atoms with Crippen LogP contribution in [0.25, 0.3) is 11.0 Å². The van der Waals surface area contributed by atoms with Gasteiger partial charge in [0.25, 0.3) is 5.91 Å². The maximum atomic E-state index is 11.4. The first-order chi connectivity index (χ1) is 8.56. The van der Waals surface area contributed by atoms with Crippen LogP contribution in [0, 0.1) is 0 Å². The van der Waals surface area contributed by atoms with Crippen LogP contribution in [0.1, 0.15) is 0 Å². The lowest BCUT2D eigenvalue weighted by molar-refractivity contribution is -0.130. The monoisotopic (exact) mass is 246 g/mol. The third kappa shape index (κ3) is 2.65. The molecule has 0 unspecified atom stereocenters. The zero-order valence-electron chi connectivity index (χ0n) is 10.3. The van der Waals surface area contributed by atoms with E-state index in [-0.39, 0.29) is 12.5 Å². The summed E-state index contributed by atoms with van der Waals surface area (Å²) in [6.07, 6.45) is 0. The van der Waals surface area contributed by atoms with Crippen molar-refractivity contribution in [1.29, 1.82) is 0 Å². The highest BCUT2D eigenvalue weighted by atomic mass is 16.5. The largest absolute Gasteiger partial charge is 0.467 e. The molecule has 0 aliphatic heterocycles. The zero-order valence-corrected chi connectivity index (χ0v) is 10.3. The summed E-state index contributed by atoms with van der Waals surface area (Å²) in [4.78, 5) is 21.1. The standard InChI is InChI=1S/C12H14N4O2/c1-16(2)11(17)7-18-10-6-4-8-3-5-9(13)14-12(8)15-10/h3-6H,7H2,1-2H3,(H2,13,14,15). The molecular formula is C12H14N4O2. The fraction of sp³-hybridized carbons (Fsp3) is 0.250. The minimum absolute atomic E-state index is 0.0478. The number of likely N-dealkylation sites (N-methyl/N-ethyl adjacent to an activating group) is 1. The Hall–Kier alpha value is -2.37. The predicted molar refractivity (Wildman–Crippen MR) is 68.1 cm³/mol. The summed E-state index contributed by atoms with van der Waals surface area (Å²) in [5.41, 5.74) is 6.09. The van der Waals surface area contributed by atoms with E-state index >= 15 is 0 Å². The molecule has 2 aromatic rings. The molecule has 0 saturated heterocycles. The SMILES string of the molecule is CN(C)C(=O)COc1ccc2ccc(N)nc2n1. The van der Waals surface area contributed by atoms with Gasteiger partial charge in [0.15, 0.2) is 12.3 Å². The van der Waals surface area contributed by atoms with E-state index in [4.69, 9.17) is 10.5 Å². The first kappa shape index (κ1) is 12.1. The minimum atomic E-state index is -0.127. The topological polar surface area (TPSA) is 81.3 Å². The van der Waals surface area contributed by atoms with Crippen LogP contribution in [0.2, 0.25) is 0 Å². The van der Waals surface area contributed by atoms with E-state index in [0.717, 1.165) is 5.39 Å². The van der Waals surface area contributed by atoms with E-state index in [2.05, 4.69) is 9.97 Å². The van der Waals surface area contributed by atoms with Crippen molar-refractivity contribution in [3.63, 3.8) is 0 Å². The third-order valence-electron chi connectivity index (χ3n) is 2.39. The summed E-state index contributed by atoms with van der Waals surface area (Å²) in [6.45, 7) is -0.0478. The van der Waals surface area contributed by atoms with Gasteiger partial charge in [0.2, 0.25) is 5.88 Å². The molecule has 6 nitrogen and oxygen atoms in total. The molecule has 0 aliphatic carbocycles. The number of carbonyl (C=O) groups is 1. The highest BCUT2D eigenvalue weighted by molar-refractivity contribution is 5.78. The van der Waals surface area contributed by atoms with Crippen LogP contribution in [0.4, 0.5) is 5.82 Å². The third-order valence-corrected chi connectivity index (χ3v) is 2.39. The maximum Gasteiger partial charge on any atom is 0.260 e. The second kappa shape index (κ2) is 4.87. The van der Waals surface area contributed by atoms with Gasteiger partial charge in [-0.15, -0.1) is 0 Å². The van der Waals surface area contributed by atoms with Crippen molar-refractivity contribution in [2.75, 3.05) is 26.4 Å². The van der Waals surface area contributed by atoms with Gasteiger partial charge in [-0.1, -0.05) is 0 Å². The molecule has 0 aromatic carbocycles. The molecule has 0 radical (unpaired) electrons. The van der Waals surface area contributed by atoms with Gasteiger partial charge in [-0.25, -0.2) is 4.98 Å². The fourth-order valence-electron chi connectivity index (χ4n) is 1.34. The number of nitrogen functional groups attached to an aromatic ring is 1. The predicted octanol–water partition coefficient (Wildman–Crippen LogP) is 0.679. The van der Waals surface area contributed by atoms with Crippen molar-refractivity contribution in [2.24, 2.45) is 0 Å². The van der Waals surface area contributed by atoms with Crippen LogP contribution in [0.15, 0.2) is 24.3 Å². The quantitative estimate of drug-likeness (QED) is 0.861. The first-order valence-electron chi connectivity index (χ1n) is 5.42. The molecule has 18 heavy (non-hydrogen) atoms. The fourth-order valence-corrected chi connectivity index (χ4v) is 1.34. The molecule has 2 heterocycles. The lowest BCUT2D eigenvalue weighted by atomic mass is 10.3. The summed E-state index contributed by atoms with van der Waals surface area (Å²) in [7, 11) is 3.34. The second-order valence-corrected chi connectivity index (χ2v) is 4.01. The summed E-state index contributed by atoms with van der Waals surface area (Å²) in [5.74, 6) is 0.629. The van der Waals surface area contributed by atoms with E-state index in [1.165, 1.54) is 4.90 Å².